The maximum atomic E-state index is 9.89. The SMILES string of the molecule is O=C=NCCCCCCN1CN(CCCCCCN=C=O)C1. The number of carbonyl (C=O) groups excluding carboxylic acids is 2. The van der Waals surface area contributed by atoms with Gasteiger partial charge in [-0.2, -0.15) is 0 Å². The minimum absolute atomic E-state index is 0.627. The molecule has 1 rings (SSSR count). The van der Waals surface area contributed by atoms with Gasteiger partial charge in [0.15, 0.2) is 0 Å². The van der Waals surface area contributed by atoms with Gasteiger partial charge in [-0.15, -0.1) is 0 Å². The Morgan fingerprint density at radius 1 is 0.636 bits per heavy atom. The Kier molecular flexibility index (Phi) is 11.4. The van der Waals surface area contributed by atoms with Gasteiger partial charge >= 0.3 is 0 Å². The molecule has 0 N–H and O–H groups in total. The molecule has 1 aliphatic heterocycles. The molecule has 0 spiro atoms. The average molecular weight is 308 g/mol. The smallest absolute Gasteiger partial charge is 0.234 e. The molecule has 6 nitrogen and oxygen atoms in total. The molecule has 0 aliphatic carbocycles. The third kappa shape index (κ3) is 9.59. The number of hydrogen-bond donors (Lipinski definition) is 0. The van der Waals surface area contributed by atoms with Crippen LogP contribution in [0.3, 0.4) is 0 Å². The van der Waals surface area contributed by atoms with E-state index in [0.29, 0.717) is 13.1 Å². The van der Waals surface area contributed by atoms with Crippen LogP contribution >= 0.6 is 0 Å². The highest BCUT2D eigenvalue weighted by Gasteiger charge is 2.21. The van der Waals surface area contributed by atoms with Gasteiger partial charge in [-0.05, 0) is 25.7 Å². The molecule has 124 valence electrons. The molecule has 6 heteroatoms. The van der Waals surface area contributed by atoms with Gasteiger partial charge in [0.1, 0.15) is 0 Å². The van der Waals surface area contributed by atoms with Crippen LogP contribution < -0.4 is 0 Å². The van der Waals surface area contributed by atoms with Gasteiger partial charge in [-0.1, -0.05) is 25.7 Å². The maximum Gasteiger partial charge on any atom is 0.234 e. The van der Waals surface area contributed by atoms with Crippen molar-refractivity contribution in [3.05, 3.63) is 0 Å². The lowest BCUT2D eigenvalue weighted by Crippen LogP contribution is -2.55. The normalized spacial score (nSPS) is 14.9. The van der Waals surface area contributed by atoms with E-state index < -0.39 is 0 Å². The number of rotatable bonds is 14. The second-order valence-corrected chi connectivity index (χ2v) is 5.85. The van der Waals surface area contributed by atoms with Crippen LogP contribution in [0.15, 0.2) is 9.98 Å². The van der Waals surface area contributed by atoms with Crippen molar-refractivity contribution in [2.75, 3.05) is 39.5 Å². The first kappa shape index (κ1) is 18.7. The summed E-state index contributed by atoms with van der Waals surface area (Å²) in [6.45, 7) is 5.81. The molecule has 0 aromatic carbocycles. The van der Waals surface area contributed by atoms with E-state index in [4.69, 9.17) is 0 Å². The van der Waals surface area contributed by atoms with E-state index in [2.05, 4.69) is 19.8 Å². The molecule has 0 unspecified atom stereocenters. The fourth-order valence-electron chi connectivity index (χ4n) is 2.66. The van der Waals surface area contributed by atoms with Crippen molar-refractivity contribution < 1.29 is 9.59 Å². The van der Waals surface area contributed by atoms with E-state index in [9.17, 15) is 9.59 Å². The largest absolute Gasteiger partial charge is 0.277 e. The number of hydrogen-bond acceptors (Lipinski definition) is 6. The maximum absolute atomic E-state index is 9.89. The monoisotopic (exact) mass is 308 g/mol. The van der Waals surface area contributed by atoms with E-state index in [1.54, 1.807) is 12.2 Å². The van der Waals surface area contributed by atoms with Crippen molar-refractivity contribution in [2.24, 2.45) is 9.98 Å². The Bertz CT molecular complexity index is 336. The van der Waals surface area contributed by atoms with Crippen LogP contribution in [0.4, 0.5) is 0 Å². The third-order valence-corrected chi connectivity index (χ3v) is 3.92. The zero-order valence-electron chi connectivity index (χ0n) is 13.5. The summed E-state index contributed by atoms with van der Waals surface area (Å²) in [6, 6.07) is 0. The standard InChI is InChI=1S/C16H28N4O2/c21-13-17-9-5-1-3-7-11-19-15-20(16-19)12-8-4-2-6-10-18-14-22/h1-12,15-16H2. The van der Waals surface area contributed by atoms with Crippen LogP contribution in [0.5, 0.6) is 0 Å². The summed E-state index contributed by atoms with van der Waals surface area (Å²) >= 11 is 0. The average Bonchev–Trinajstić information content (AvgIpc) is 2.49. The van der Waals surface area contributed by atoms with Gasteiger partial charge in [0.2, 0.25) is 12.2 Å². The summed E-state index contributed by atoms with van der Waals surface area (Å²) in [4.78, 5) is 31.8. The molecule has 1 fully saturated rings. The van der Waals surface area contributed by atoms with Crippen molar-refractivity contribution in [3.63, 3.8) is 0 Å². The fourth-order valence-corrected chi connectivity index (χ4v) is 2.66. The lowest BCUT2D eigenvalue weighted by Gasteiger charge is -2.42. The molecular weight excluding hydrogens is 280 g/mol. The first-order chi connectivity index (χ1) is 10.9. The summed E-state index contributed by atoms with van der Waals surface area (Å²) in [5, 5.41) is 0. The molecule has 0 radical (unpaired) electrons. The van der Waals surface area contributed by atoms with Crippen molar-refractivity contribution in [3.8, 4) is 0 Å². The summed E-state index contributed by atoms with van der Waals surface area (Å²) < 4.78 is 0. The van der Waals surface area contributed by atoms with E-state index >= 15 is 0 Å². The molecule has 1 aliphatic rings. The Morgan fingerprint density at radius 3 is 1.45 bits per heavy atom. The van der Waals surface area contributed by atoms with Gasteiger partial charge in [0.05, 0.1) is 26.4 Å². The summed E-state index contributed by atoms with van der Waals surface area (Å²) in [5.74, 6) is 0. The number of aliphatic imine (C=N–C) groups is 2. The molecule has 0 amide bonds. The molecule has 0 atom stereocenters. The zero-order chi connectivity index (χ0) is 15.9. The van der Waals surface area contributed by atoms with Crippen LogP contribution in [0.1, 0.15) is 51.4 Å². The molecular formula is C16H28N4O2. The number of unbranched alkanes of at least 4 members (excludes halogenated alkanes) is 6. The minimum Gasteiger partial charge on any atom is -0.277 e. The summed E-state index contributed by atoms with van der Waals surface area (Å²) in [7, 11) is 0. The van der Waals surface area contributed by atoms with Gasteiger partial charge in [-0.25, -0.2) is 19.6 Å². The van der Waals surface area contributed by atoms with E-state index in [-0.39, 0.29) is 0 Å². The van der Waals surface area contributed by atoms with Crippen molar-refractivity contribution in [1.29, 1.82) is 0 Å². The van der Waals surface area contributed by atoms with E-state index in [1.165, 1.54) is 38.8 Å². The second kappa shape index (κ2) is 13.4. The minimum atomic E-state index is 0.627. The van der Waals surface area contributed by atoms with Gasteiger partial charge < -0.3 is 0 Å². The van der Waals surface area contributed by atoms with Gasteiger partial charge in [0, 0.05) is 13.1 Å². The van der Waals surface area contributed by atoms with Crippen LogP contribution in [0, 0.1) is 0 Å². The van der Waals surface area contributed by atoms with Crippen LogP contribution in [0.2, 0.25) is 0 Å². The molecule has 22 heavy (non-hydrogen) atoms. The highest BCUT2D eigenvalue weighted by atomic mass is 16.1. The third-order valence-electron chi connectivity index (χ3n) is 3.92. The predicted molar refractivity (Wildman–Crippen MR) is 86.1 cm³/mol. The van der Waals surface area contributed by atoms with Crippen molar-refractivity contribution in [1.82, 2.24) is 9.80 Å². The van der Waals surface area contributed by atoms with Crippen LogP contribution in [0.25, 0.3) is 0 Å². The van der Waals surface area contributed by atoms with Gasteiger partial charge in [-0.3, -0.25) is 9.80 Å². The molecule has 0 aromatic heterocycles. The Labute approximate surface area is 133 Å². The molecule has 0 saturated carbocycles. The Balaban J connectivity index is 1.80. The fraction of sp³-hybridized carbons (Fsp3) is 0.875. The van der Waals surface area contributed by atoms with E-state index in [1.807, 2.05) is 0 Å². The molecule has 1 saturated heterocycles. The highest BCUT2D eigenvalue weighted by molar-refractivity contribution is 5.32. The first-order valence-corrected chi connectivity index (χ1v) is 8.39. The lowest BCUT2D eigenvalue weighted by molar-refractivity contribution is -0.0311. The van der Waals surface area contributed by atoms with Crippen LogP contribution in [-0.4, -0.2) is 61.5 Å². The Hall–Kier alpha value is -1.32. The number of isocyanates is 2. The number of nitrogens with zero attached hydrogens (tertiary/aromatic N) is 4. The van der Waals surface area contributed by atoms with Crippen molar-refractivity contribution >= 4 is 12.2 Å². The first-order valence-electron chi connectivity index (χ1n) is 8.39. The quantitative estimate of drug-likeness (QED) is 0.281. The molecule has 0 aromatic rings. The lowest BCUT2D eigenvalue weighted by atomic mass is 10.1. The topological polar surface area (TPSA) is 65.3 Å². The molecule has 1 heterocycles. The predicted octanol–water partition coefficient (Wildman–Crippen LogP) is 2.31. The van der Waals surface area contributed by atoms with Crippen molar-refractivity contribution in [2.45, 2.75) is 51.4 Å². The summed E-state index contributed by atoms with van der Waals surface area (Å²) in [6.07, 6.45) is 12.3. The van der Waals surface area contributed by atoms with E-state index in [0.717, 1.165) is 39.0 Å². The zero-order valence-corrected chi connectivity index (χ0v) is 13.5. The van der Waals surface area contributed by atoms with Gasteiger partial charge in [0.25, 0.3) is 0 Å². The van der Waals surface area contributed by atoms with Crippen LogP contribution in [-0.2, 0) is 9.59 Å². The summed E-state index contributed by atoms with van der Waals surface area (Å²) in [5.41, 5.74) is 0. The molecule has 0 bridgehead atoms. The Morgan fingerprint density at radius 2 is 1.05 bits per heavy atom. The second-order valence-electron chi connectivity index (χ2n) is 5.85. The highest BCUT2D eigenvalue weighted by Crippen LogP contribution is 2.12.